The lowest BCUT2D eigenvalue weighted by molar-refractivity contribution is 0.675. The average molecular weight is 209 g/mol. The van der Waals surface area contributed by atoms with Crippen LogP contribution >= 0.6 is 11.8 Å². The number of aryl methyl sites for hydroxylation is 2. The summed E-state index contributed by atoms with van der Waals surface area (Å²) in [5.41, 5.74) is 8.29. The first-order valence-corrected chi connectivity index (χ1v) is 6.02. The van der Waals surface area contributed by atoms with Gasteiger partial charge in [-0.2, -0.15) is 0 Å². The first-order chi connectivity index (χ1) is 6.63. The number of hydrogen-bond donors (Lipinski definition) is 1. The highest BCUT2D eigenvalue weighted by Crippen LogP contribution is 2.25. The number of rotatable bonds is 4. The first kappa shape index (κ1) is 11.6. The van der Waals surface area contributed by atoms with Crippen LogP contribution in [-0.2, 0) is 0 Å². The Balaban J connectivity index is 2.62. The van der Waals surface area contributed by atoms with E-state index >= 15 is 0 Å². The van der Waals surface area contributed by atoms with Gasteiger partial charge in [-0.05, 0) is 37.9 Å². The molecule has 2 heteroatoms. The van der Waals surface area contributed by atoms with Crippen LogP contribution in [0.1, 0.15) is 18.1 Å². The van der Waals surface area contributed by atoms with Crippen molar-refractivity contribution < 1.29 is 0 Å². The first-order valence-electron chi connectivity index (χ1n) is 5.03. The van der Waals surface area contributed by atoms with Crippen molar-refractivity contribution in [3.63, 3.8) is 0 Å². The Morgan fingerprint density at radius 2 is 2.07 bits per heavy atom. The summed E-state index contributed by atoms with van der Waals surface area (Å²) in [6.45, 7) is 7.26. The molecule has 0 saturated carbocycles. The van der Waals surface area contributed by atoms with E-state index in [1.165, 1.54) is 16.0 Å². The van der Waals surface area contributed by atoms with E-state index < -0.39 is 0 Å². The summed E-state index contributed by atoms with van der Waals surface area (Å²) in [6.07, 6.45) is 0. The van der Waals surface area contributed by atoms with Crippen LogP contribution in [0.25, 0.3) is 0 Å². The molecule has 1 aromatic rings. The maximum Gasteiger partial charge on any atom is 0.0104 e. The highest BCUT2D eigenvalue weighted by atomic mass is 32.2. The second kappa shape index (κ2) is 5.42. The summed E-state index contributed by atoms with van der Waals surface area (Å²) in [6, 6.07) is 6.60. The lowest BCUT2D eigenvalue weighted by Crippen LogP contribution is -2.12. The maximum atomic E-state index is 5.59. The molecule has 0 fully saturated rings. The zero-order valence-electron chi connectivity index (χ0n) is 9.21. The summed E-state index contributed by atoms with van der Waals surface area (Å²) in [5.74, 6) is 1.71. The van der Waals surface area contributed by atoms with E-state index in [0.717, 1.165) is 12.3 Å². The second-order valence-corrected chi connectivity index (χ2v) is 4.98. The second-order valence-electron chi connectivity index (χ2n) is 3.92. The van der Waals surface area contributed by atoms with E-state index in [1.807, 2.05) is 11.8 Å². The number of thioether (sulfide) groups is 1. The highest BCUT2D eigenvalue weighted by molar-refractivity contribution is 7.99. The van der Waals surface area contributed by atoms with E-state index in [0.29, 0.717) is 5.92 Å². The maximum absolute atomic E-state index is 5.59. The summed E-state index contributed by atoms with van der Waals surface area (Å²) < 4.78 is 0. The van der Waals surface area contributed by atoms with E-state index in [9.17, 15) is 0 Å². The van der Waals surface area contributed by atoms with Crippen LogP contribution in [0.5, 0.6) is 0 Å². The Labute approximate surface area is 91.1 Å². The van der Waals surface area contributed by atoms with Gasteiger partial charge in [0, 0.05) is 10.6 Å². The quantitative estimate of drug-likeness (QED) is 0.771. The summed E-state index contributed by atoms with van der Waals surface area (Å²) >= 11 is 1.91. The van der Waals surface area contributed by atoms with Crippen LogP contribution in [0.4, 0.5) is 0 Å². The molecule has 0 radical (unpaired) electrons. The summed E-state index contributed by atoms with van der Waals surface area (Å²) in [5, 5.41) is 0. The zero-order chi connectivity index (χ0) is 10.6. The Kier molecular flexibility index (Phi) is 4.49. The molecule has 0 amide bonds. The van der Waals surface area contributed by atoms with Crippen LogP contribution in [-0.4, -0.2) is 12.3 Å². The third-order valence-corrected chi connectivity index (χ3v) is 3.76. The molecule has 1 nitrogen and oxygen atoms in total. The van der Waals surface area contributed by atoms with E-state index in [2.05, 4.69) is 39.0 Å². The lowest BCUT2D eigenvalue weighted by Gasteiger charge is -2.10. The van der Waals surface area contributed by atoms with Crippen molar-refractivity contribution in [2.75, 3.05) is 12.3 Å². The molecular formula is C12H19NS. The monoisotopic (exact) mass is 209 g/mol. The minimum atomic E-state index is 0.597. The van der Waals surface area contributed by atoms with Gasteiger partial charge in [0.2, 0.25) is 0 Å². The van der Waals surface area contributed by atoms with Crippen LogP contribution < -0.4 is 5.73 Å². The Bertz CT molecular complexity index is 296. The van der Waals surface area contributed by atoms with Gasteiger partial charge in [-0.15, -0.1) is 11.8 Å². The van der Waals surface area contributed by atoms with Crippen LogP contribution in [0, 0.1) is 19.8 Å². The topological polar surface area (TPSA) is 26.0 Å². The third kappa shape index (κ3) is 3.35. The molecule has 14 heavy (non-hydrogen) atoms. The Morgan fingerprint density at radius 3 is 2.71 bits per heavy atom. The van der Waals surface area contributed by atoms with Crippen LogP contribution in [0.15, 0.2) is 23.1 Å². The molecule has 0 aromatic heterocycles. The van der Waals surface area contributed by atoms with Crippen molar-refractivity contribution in [2.24, 2.45) is 11.7 Å². The predicted octanol–water partition coefficient (Wildman–Crippen LogP) is 2.99. The fraction of sp³-hybridized carbons (Fsp3) is 0.500. The van der Waals surface area contributed by atoms with Crippen LogP contribution in [0.2, 0.25) is 0 Å². The fourth-order valence-electron chi connectivity index (χ4n) is 1.16. The van der Waals surface area contributed by atoms with Crippen LogP contribution in [0.3, 0.4) is 0 Å². The van der Waals surface area contributed by atoms with Gasteiger partial charge >= 0.3 is 0 Å². The molecule has 1 aromatic carbocycles. The predicted molar refractivity (Wildman–Crippen MR) is 64.9 cm³/mol. The molecule has 0 heterocycles. The molecule has 0 aliphatic rings. The van der Waals surface area contributed by atoms with Crippen molar-refractivity contribution in [3.8, 4) is 0 Å². The molecule has 0 aliphatic carbocycles. The molecule has 1 atom stereocenters. The standard InChI is InChI=1S/C12H19NS/c1-9-4-5-11(3)12(6-9)14-8-10(2)7-13/h4-6,10H,7-8,13H2,1-3H3. The average Bonchev–Trinajstić information content (AvgIpc) is 2.19. The largest absolute Gasteiger partial charge is 0.330 e. The SMILES string of the molecule is Cc1ccc(C)c(SCC(C)CN)c1. The van der Waals surface area contributed by atoms with Gasteiger partial charge < -0.3 is 5.73 Å². The van der Waals surface area contributed by atoms with Gasteiger partial charge in [-0.1, -0.05) is 24.6 Å². The normalized spacial score (nSPS) is 12.9. The lowest BCUT2D eigenvalue weighted by atomic mass is 10.2. The molecule has 1 unspecified atom stereocenters. The number of benzene rings is 1. The van der Waals surface area contributed by atoms with Gasteiger partial charge in [-0.25, -0.2) is 0 Å². The minimum absolute atomic E-state index is 0.597. The molecule has 0 spiro atoms. The van der Waals surface area contributed by atoms with Crippen molar-refractivity contribution in [1.29, 1.82) is 0 Å². The fourth-order valence-corrected chi connectivity index (χ4v) is 2.33. The van der Waals surface area contributed by atoms with Gasteiger partial charge in [0.15, 0.2) is 0 Å². The number of hydrogen-bond acceptors (Lipinski definition) is 2. The van der Waals surface area contributed by atoms with Crippen molar-refractivity contribution in [2.45, 2.75) is 25.7 Å². The van der Waals surface area contributed by atoms with Gasteiger partial charge in [0.25, 0.3) is 0 Å². The van der Waals surface area contributed by atoms with E-state index in [4.69, 9.17) is 5.73 Å². The summed E-state index contributed by atoms with van der Waals surface area (Å²) in [7, 11) is 0. The van der Waals surface area contributed by atoms with Crippen molar-refractivity contribution in [3.05, 3.63) is 29.3 Å². The smallest absolute Gasteiger partial charge is 0.0104 e. The third-order valence-electron chi connectivity index (χ3n) is 2.27. The molecule has 1 rings (SSSR count). The Hall–Kier alpha value is -0.470. The van der Waals surface area contributed by atoms with E-state index in [-0.39, 0.29) is 0 Å². The molecular weight excluding hydrogens is 190 g/mol. The molecule has 78 valence electrons. The minimum Gasteiger partial charge on any atom is -0.330 e. The molecule has 0 aliphatic heterocycles. The van der Waals surface area contributed by atoms with Gasteiger partial charge in [-0.3, -0.25) is 0 Å². The molecule has 2 N–H and O–H groups in total. The molecule has 0 saturated heterocycles. The highest BCUT2D eigenvalue weighted by Gasteiger charge is 2.03. The van der Waals surface area contributed by atoms with Crippen molar-refractivity contribution in [1.82, 2.24) is 0 Å². The summed E-state index contributed by atoms with van der Waals surface area (Å²) in [4.78, 5) is 1.39. The Morgan fingerprint density at radius 1 is 1.36 bits per heavy atom. The van der Waals surface area contributed by atoms with Gasteiger partial charge in [0.1, 0.15) is 0 Å². The van der Waals surface area contributed by atoms with E-state index in [1.54, 1.807) is 0 Å². The molecule has 0 bridgehead atoms. The van der Waals surface area contributed by atoms with Gasteiger partial charge in [0.05, 0.1) is 0 Å². The number of nitrogens with two attached hydrogens (primary N) is 1. The zero-order valence-corrected chi connectivity index (χ0v) is 10.0. The van der Waals surface area contributed by atoms with Crippen molar-refractivity contribution >= 4 is 11.8 Å².